The van der Waals surface area contributed by atoms with Crippen molar-refractivity contribution >= 4 is 11.6 Å². The first-order chi connectivity index (χ1) is 11.1. The first kappa shape index (κ1) is 18.4. The van der Waals surface area contributed by atoms with Crippen LogP contribution in [-0.2, 0) is 0 Å². The number of methoxy groups -OCH3 is 1. The molecule has 23 heavy (non-hydrogen) atoms. The van der Waals surface area contributed by atoms with Crippen molar-refractivity contribution in [1.29, 1.82) is 0 Å². The number of benzene rings is 2. The van der Waals surface area contributed by atoms with Gasteiger partial charge in [-0.2, -0.15) is 0 Å². The molecule has 1 aliphatic rings. The van der Waals surface area contributed by atoms with Crippen molar-refractivity contribution in [3.8, 4) is 11.5 Å². The summed E-state index contributed by atoms with van der Waals surface area (Å²) in [6.45, 7) is 8.00. The van der Waals surface area contributed by atoms with Crippen LogP contribution >= 0.6 is 0 Å². The van der Waals surface area contributed by atoms with Crippen LogP contribution in [0.5, 0.6) is 11.5 Å². The zero-order valence-corrected chi connectivity index (χ0v) is 14.1. The SMILES string of the molecule is CC.CC.COc1c(O)ccc2c1C(=O)c1ccccc1C2=O. The molecule has 0 amide bonds. The number of carbonyl (C=O) groups excluding carboxylic acids is 2. The molecule has 0 fully saturated rings. The molecule has 0 spiro atoms. The number of rotatable bonds is 1. The molecule has 1 aliphatic carbocycles. The summed E-state index contributed by atoms with van der Waals surface area (Å²) in [6.07, 6.45) is 0. The molecule has 0 saturated heterocycles. The van der Waals surface area contributed by atoms with E-state index in [2.05, 4.69) is 0 Å². The lowest BCUT2D eigenvalue weighted by molar-refractivity contribution is 0.0976. The standard InChI is InChI=1S/C15H10O4.2C2H6/c1-19-15-11(16)7-6-10-12(15)14(18)9-5-3-2-4-8(9)13(10)17;2*1-2/h2-7,16H,1H3;2*1-2H3. The highest BCUT2D eigenvalue weighted by Crippen LogP contribution is 2.38. The maximum absolute atomic E-state index is 12.4. The first-order valence-electron chi connectivity index (χ1n) is 7.73. The molecule has 0 unspecified atom stereocenters. The van der Waals surface area contributed by atoms with Crippen LogP contribution in [0.2, 0.25) is 0 Å². The summed E-state index contributed by atoms with van der Waals surface area (Å²) in [6, 6.07) is 9.44. The molecule has 0 atom stereocenters. The third kappa shape index (κ3) is 3.11. The molecule has 1 N–H and O–H groups in total. The molecule has 3 rings (SSSR count). The molecule has 2 aromatic rings. The maximum Gasteiger partial charge on any atom is 0.198 e. The third-order valence-electron chi connectivity index (χ3n) is 3.23. The van der Waals surface area contributed by atoms with Crippen LogP contribution in [0, 0.1) is 0 Å². The topological polar surface area (TPSA) is 63.6 Å². The van der Waals surface area contributed by atoms with E-state index in [1.807, 2.05) is 27.7 Å². The van der Waals surface area contributed by atoms with Crippen molar-refractivity contribution in [2.75, 3.05) is 7.11 Å². The van der Waals surface area contributed by atoms with Crippen molar-refractivity contribution < 1.29 is 19.4 Å². The highest BCUT2D eigenvalue weighted by molar-refractivity contribution is 6.29. The molecule has 0 radical (unpaired) electrons. The Hall–Kier alpha value is -2.62. The lowest BCUT2D eigenvalue weighted by Gasteiger charge is -2.19. The third-order valence-corrected chi connectivity index (χ3v) is 3.23. The number of phenols is 1. The summed E-state index contributed by atoms with van der Waals surface area (Å²) in [5.74, 6) is -0.645. The fourth-order valence-corrected chi connectivity index (χ4v) is 2.35. The average molecular weight is 314 g/mol. The molecule has 4 nitrogen and oxygen atoms in total. The molecule has 0 aromatic heterocycles. The predicted molar refractivity (Wildman–Crippen MR) is 90.7 cm³/mol. The Morgan fingerprint density at radius 3 is 1.83 bits per heavy atom. The van der Waals surface area contributed by atoms with E-state index in [0.29, 0.717) is 11.1 Å². The van der Waals surface area contributed by atoms with Gasteiger partial charge in [-0.25, -0.2) is 0 Å². The molecule has 4 heteroatoms. The molecule has 2 aromatic carbocycles. The Morgan fingerprint density at radius 2 is 1.30 bits per heavy atom. The van der Waals surface area contributed by atoms with Crippen LogP contribution in [0.4, 0.5) is 0 Å². The Balaban J connectivity index is 0.000000615. The number of hydrogen-bond donors (Lipinski definition) is 1. The van der Waals surface area contributed by atoms with Crippen LogP contribution < -0.4 is 4.74 Å². The summed E-state index contributed by atoms with van der Waals surface area (Å²) >= 11 is 0. The summed E-state index contributed by atoms with van der Waals surface area (Å²) in [5, 5.41) is 9.73. The Labute approximate surface area is 136 Å². The smallest absolute Gasteiger partial charge is 0.198 e. The number of hydrogen-bond acceptors (Lipinski definition) is 4. The van der Waals surface area contributed by atoms with Crippen LogP contribution in [0.25, 0.3) is 0 Å². The number of carbonyl (C=O) groups is 2. The lowest BCUT2D eigenvalue weighted by atomic mass is 9.83. The minimum atomic E-state index is -0.307. The van der Waals surface area contributed by atoms with Gasteiger partial charge in [-0.05, 0) is 12.1 Å². The van der Waals surface area contributed by atoms with Crippen molar-refractivity contribution in [3.63, 3.8) is 0 Å². The summed E-state index contributed by atoms with van der Waals surface area (Å²) in [4.78, 5) is 24.8. The number of phenolic OH excluding ortho intramolecular Hbond substituents is 1. The zero-order valence-electron chi connectivity index (χ0n) is 14.1. The van der Waals surface area contributed by atoms with Crippen LogP contribution in [0.1, 0.15) is 59.5 Å². The van der Waals surface area contributed by atoms with Gasteiger partial charge in [0.15, 0.2) is 23.1 Å². The summed E-state index contributed by atoms with van der Waals surface area (Å²) in [5.41, 5.74) is 1.11. The normalized spacial score (nSPS) is 11.2. The quantitative estimate of drug-likeness (QED) is 0.730. The van der Waals surface area contributed by atoms with Crippen LogP contribution in [0.3, 0.4) is 0 Å². The second-order valence-corrected chi connectivity index (χ2v) is 4.24. The van der Waals surface area contributed by atoms with E-state index >= 15 is 0 Å². The largest absolute Gasteiger partial charge is 0.504 e. The Morgan fingerprint density at radius 1 is 0.783 bits per heavy atom. The van der Waals surface area contributed by atoms with Gasteiger partial charge >= 0.3 is 0 Å². The van der Waals surface area contributed by atoms with E-state index in [4.69, 9.17) is 4.74 Å². The van der Waals surface area contributed by atoms with Gasteiger partial charge in [0.25, 0.3) is 0 Å². The minimum absolute atomic E-state index is 0.0466. The number of fused-ring (bicyclic) bond motifs is 2. The van der Waals surface area contributed by atoms with E-state index in [9.17, 15) is 14.7 Å². The number of ketones is 2. The second kappa shape index (κ2) is 8.13. The van der Waals surface area contributed by atoms with Crippen molar-refractivity contribution in [3.05, 3.63) is 58.7 Å². The van der Waals surface area contributed by atoms with E-state index in [0.717, 1.165) is 0 Å². The van der Waals surface area contributed by atoms with E-state index in [-0.39, 0.29) is 34.2 Å². The molecular formula is C19H22O4. The molecular weight excluding hydrogens is 292 g/mol. The van der Waals surface area contributed by atoms with Crippen LogP contribution in [-0.4, -0.2) is 23.8 Å². The van der Waals surface area contributed by atoms with Gasteiger partial charge < -0.3 is 9.84 Å². The van der Waals surface area contributed by atoms with Gasteiger partial charge in [-0.1, -0.05) is 52.0 Å². The van der Waals surface area contributed by atoms with Gasteiger partial charge in [0, 0.05) is 16.7 Å². The highest BCUT2D eigenvalue weighted by atomic mass is 16.5. The van der Waals surface area contributed by atoms with E-state index in [1.165, 1.54) is 19.2 Å². The van der Waals surface area contributed by atoms with E-state index in [1.54, 1.807) is 24.3 Å². The summed E-state index contributed by atoms with van der Waals surface area (Å²) in [7, 11) is 1.35. The summed E-state index contributed by atoms with van der Waals surface area (Å²) < 4.78 is 5.05. The molecule has 0 saturated carbocycles. The van der Waals surface area contributed by atoms with Gasteiger partial charge in [0.05, 0.1) is 12.7 Å². The highest BCUT2D eigenvalue weighted by Gasteiger charge is 2.33. The van der Waals surface area contributed by atoms with Crippen molar-refractivity contribution in [2.24, 2.45) is 0 Å². The fourth-order valence-electron chi connectivity index (χ4n) is 2.35. The monoisotopic (exact) mass is 314 g/mol. The zero-order chi connectivity index (χ0) is 17.6. The Kier molecular flexibility index (Phi) is 6.51. The fraction of sp³-hybridized carbons (Fsp3) is 0.263. The average Bonchev–Trinajstić information content (AvgIpc) is 2.63. The van der Waals surface area contributed by atoms with Gasteiger partial charge in [-0.15, -0.1) is 0 Å². The Bertz CT molecular complexity index is 717. The molecule has 0 bridgehead atoms. The van der Waals surface area contributed by atoms with Crippen molar-refractivity contribution in [1.82, 2.24) is 0 Å². The second-order valence-electron chi connectivity index (χ2n) is 4.24. The van der Waals surface area contributed by atoms with Crippen molar-refractivity contribution in [2.45, 2.75) is 27.7 Å². The van der Waals surface area contributed by atoms with Gasteiger partial charge in [-0.3, -0.25) is 9.59 Å². The molecule has 0 heterocycles. The lowest BCUT2D eigenvalue weighted by Crippen LogP contribution is -2.21. The molecule has 0 aliphatic heterocycles. The number of aromatic hydroxyl groups is 1. The minimum Gasteiger partial charge on any atom is -0.504 e. The molecule has 122 valence electrons. The van der Waals surface area contributed by atoms with Gasteiger partial charge in [0.1, 0.15) is 0 Å². The maximum atomic E-state index is 12.4. The van der Waals surface area contributed by atoms with Crippen LogP contribution in [0.15, 0.2) is 36.4 Å². The van der Waals surface area contributed by atoms with E-state index < -0.39 is 0 Å². The van der Waals surface area contributed by atoms with Gasteiger partial charge in [0.2, 0.25) is 0 Å². The number of ether oxygens (including phenoxy) is 1. The predicted octanol–water partition coefficient (Wildman–Crippen LogP) is 4.23. The first-order valence-corrected chi connectivity index (χ1v) is 7.73.